The van der Waals surface area contributed by atoms with Crippen molar-refractivity contribution in [3.8, 4) is 0 Å². The fourth-order valence-corrected chi connectivity index (χ4v) is 2.06. The Labute approximate surface area is 117 Å². The van der Waals surface area contributed by atoms with Crippen molar-refractivity contribution in [2.45, 2.75) is 46.3 Å². The Morgan fingerprint density at radius 3 is 2.53 bits per heavy atom. The fourth-order valence-electron chi connectivity index (χ4n) is 2.06. The highest BCUT2D eigenvalue weighted by atomic mass is 16.5. The molecule has 0 bridgehead atoms. The summed E-state index contributed by atoms with van der Waals surface area (Å²) in [5.41, 5.74) is 1.47. The molecule has 0 spiro atoms. The maximum atomic E-state index is 5.96. The van der Waals surface area contributed by atoms with E-state index in [9.17, 15) is 0 Å². The lowest BCUT2D eigenvalue weighted by atomic mass is 9.79. The van der Waals surface area contributed by atoms with E-state index in [2.05, 4.69) is 50.4 Å². The van der Waals surface area contributed by atoms with Crippen LogP contribution in [0.25, 0.3) is 0 Å². The van der Waals surface area contributed by atoms with E-state index in [-0.39, 0.29) is 5.41 Å². The molecule has 0 amide bonds. The Hall–Kier alpha value is -0.860. The van der Waals surface area contributed by atoms with Crippen LogP contribution in [0.15, 0.2) is 30.3 Å². The van der Waals surface area contributed by atoms with Gasteiger partial charge in [0.25, 0.3) is 0 Å². The van der Waals surface area contributed by atoms with Gasteiger partial charge in [0.15, 0.2) is 0 Å². The molecule has 1 aromatic carbocycles. The molecule has 1 N–H and O–H groups in total. The van der Waals surface area contributed by atoms with Crippen LogP contribution >= 0.6 is 0 Å². The van der Waals surface area contributed by atoms with Gasteiger partial charge in [0.05, 0.1) is 13.2 Å². The van der Waals surface area contributed by atoms with Crippen LogP contribution in [0.4, 0.5) is 0 Å². The zero-order chi connectivity index (χ0) is 13.7. The van der Waals surface area contributed by atoms with Crippen LogP contribution in [0.2, 0.25) is 0 Å². The van der Waals surface area contributed by atoms with Gasteiger partial charge in [0.1, 0.15) is 0 Å². The van der Waals surface area contributed by atoms with Crippen molar-refractivity contribution < 1.29 is 4.74 Å². The molecule has 1 unspecified atom stereocenters. The Morgan fingerprint density at radius 1 is 1.26 bits per heavy atom. The van der Waals surface area contributed by atoms with Crippen LogP contribution < -0.4 is 5.32 Å². The third kappa shape index (κ3) is 4.63. The Kier molecular flexibility index (Phi) is 5.00. The molecule has 2 heteroatoms. The zero-order valence-electron chi connectivity index (χ0n) is 12.5. The van der Waals surface area contributed by atoms with Gasteiger partial charge in [-0.15, -0.1) is 0 Å². The standard InChI is InChI=1S/C17H27NO/c1-14(2)17(3,12-18-16-9-10-16)13-19-11-15-7-5-4-6-8-15/h4-8,14,16,18H,9-13H2,1-3H3. The Bertz CT molecular complexity index is 372. The number of hydrogen-bond donors (Lipinski definition) is 1. The second kappa shape index (κ2) is 6.53. The van der Waals surface area contributed by atoms with Gasteiger partial charge < -0.3 is 10.1 Å². The van der Waals surface area contributed by atoms with Crippen molar-refractivity contribution in [2.24, 2.45) is 11.3 Å². The largest absolute Gasteiger partial charge is 0.376 e. The van der Waals surface area contributed by atoms with Crippen LogP contribution in [0.5, 0.6) is 0 Å². The van der Waals surface area contributed by atoms with E-state index in [0.29, 0.717) is 12.5 Å². The topological polar surface area (TPSA) is 21.3 Å². The maximum Gasteiger partial charge on any atom is 0.0717 e. The first-order valence-corrected chi connectivity index (χ1v) is 7.45. The molecule has 19 heavy (non-hydrogen) atoms. The minimum atomic E-state index is 0.220. The molecule has 2 nitrogen and oxygen atoms in total. The monoisotopic (exact) mass is 261 g/mol. The van der Waals surface area contributed by atoms with Crippen LogP contribution in [-0.4, -0.2) is 19.2 Å². The summed E-state index contributed by atoms with van der Waals surface area (Å²) in [4.78, 5) is 0. The smallest absolute Gasteiger partial charge is 0.0717 e. The minimum absolute atomic E-state index is 0.220. The number of rotatable bonds is 8. The SMILES string of the molecule is CC(C)C(C)(CNC1CC1)COCc1ccccc1. The zero-order valence-corrected chi connectivity index (χ0v) is 12.5. The van der Waals surface area contributed by atoms with Gasteiger partial charge in [-0.25, -0.2) is 0 Å². The summed E-state index contributed by atoms with van der Waals surface area (Å²) in [6.45, 7) is 9.51. The molecule has 2 rings (SSSR count). The average molecular weight is 261 g/mol. The molecule has 0 radical (unpaired) electrons. The molecule has 0 saturated heterocycles. The quantitative estimate of drug-likeness (QED) is 0.771. The lowest BCUT2D eigenvalue weighted by molar-refractivity contribution is 0.0172. The molecule has 1 aliphatic carbocycles. The molecule has 106 valence electrons. The molecule has 1 aliphatic rings. The molecular formula is C17H27NO. The molecular weight excluding hydrogens is 234 g/mol. The summed E-state index contributed by atoms with van der Waals surface area (Å²) in [5.74, 6) is 0.620. The first-order valence-electron chi connectivity index (χ1n) is 7.45. The van der Waals surface area contributed by atoms with E-state index in [1.54, 1.807) is 0 Å². The summed E-state index contributed by atoms with van der Waals surface area (Å²) < 4.78 is 5.96. The van der Waals surface area contributed by atoms with Gasteiger partial charge in [-0.1, -0.05) is 51.1 Å². The summed E-state index contributed by atoms with van der Waals surface area (Å²) in [7, 11) is 0. The van der Waals surface area contributed by atoms with Crippen LogP contribution in [0.3, 0.4) is 0 Å². The van der Waals surface area contributed by atoms with E-state index < -0.39 is 0 Å². The number of ether oxygens (including phenoxy) is 1. The average Bonchev–Trinajstić information content (AvgIpc) is 3.21. The highest BCUT2D eigenvalue weighted by Gasteiger charge is 2.31. The van der Waals surface area contributed by atoms with Crippen LogP contribution in [0.1, 0.15) is 39.2 Å². The summed E-state index contributed by atoms with van der Waals surface area (Å²) in [6.07, 6.45) is 2.69. The van der Waals surface area contributed by atoms with Crippen molar-refractivity contribution >= 4 is 0 Å². The predicted octanol–water partition coefficient (Wildman–Crippen LogP) is 3.62. The van der Waals surface area contributed by atoms with Gasteiger partial charge in [-0.3, -0.25) is 0 Å². The number of nitrogens with one attached hydrogen (secondary N) is 1. The first kappa shape index (κ1) is 14.5. The highest BCUT2D eigenvalue weighted by molar-refractivity contribution is 5.13. The second-order valence-corrected chi connectivity index (χ2v) is 6.44. The van der Waals surface area contributed by atoms with E-state index >= 15 is 0 Å². The van der Waals surface area contributed by atoms with Gasteiger partial charge in [0, 0.05) is 18.0 Å². The molecule has 0 heterocycles. The molecule has 1 atom stereocenters. The maximum absolute atomic E-state index is 5.96. The van der Waals surface area contributed by atoms with Crippen molar-refractivity contribution in [1.29, 1.82) is 0 Å². The number of hydrogen-bond acceptors (Lipinski definition) is 2. The first-order chi connectivity index (χ1) is 9.10. The third-order valence-corrected chi connectivity index (χ3v) is 4.31. The minimum Gasteiger partial charge on any atom is -0.376 e. The highest BCUT2D eigenvalue weighted by Crippen LogP contribution is 2.29. The summed E-state index contributed by atoms with van der Waals surface area (Å²) in [5, 5.41) is 3.65. The second-order valence-electron chi connectivity index (χ2n) is 6.44. The Morgan fingerprint density at radius 2 is 1.95 bits per heavy atom. The van der Waals surface area contributed by atoms with Crippen LogP contribution in [-0.2, 0) is 11.3 Å². The van der Waals surface area contributed by atoms with Crippen molar-refractivity contribution in [3.05, 3.63) is 35.9 Å². The van der Waals surface area contributed by atoms with Gasteiger partial charge >= 0.3 is 0 Å². The van der Waals surface area contributed by atoms with Gasteiger partial charge in [-0.2, -0.15) is 0 Å². The van der Waals surface area contributed by atoms with Crippen LogP contribution in [0, 0.1) is 11.3 Å². The molecule has 0 aliphatic heterocycles. The van der Waals surface area contributed by atoms with Gasteiger partial charge in [0.2, 0.25) is 0 Å². The van der Waals surface area contributed by atoms with Crippen molar-refractivity contribution in [2.75, 3.05) is 13.2 Å². The van der Waals surface area contributed by atoms with Crippen molar-refractivity contribution in [3.63, 3.8) is 0 Å². The van der Waals surface area contributed by atoms with E-state index in [1.807, 2.05) is 6.07 Å². The lowest BCUT2D eigenvalue weighted by Crippen LogP contribution is -2.40. The normalized spacial score (nSPS) is 18.5. The van der Waals surface area contributed by atoms with E-state index in [4.69, 9.17) is 4.74 Å². The van der Waals surface area contributed by atoms with Gasteiger partial charge in [-0.05, 0) is 24.3 Å². The Balaban J connectivity index is 1.78. The fraction of sp³-hybridized carbons (Fsp3) is 0.647. The summed E-state index contributed by atoms with van der Waals surface area (Å²) >= 11 is 0. The molecule has 1 saturated carbocycles. The molecule has 1 fully saturated rings. The molecule has 1 aromatic rings. The lowest BCUT2D eigenvalue weighted by Gasteiger charge is -2.34. The van der Waals surface area contributed by atoms with E-state index in [1.165, 1.54) is 18.4 Å². The third-order valence-electron chi connectivity index (χ3n) is 4.31. The van der Waals surface area contributed by atoms with E-state index in [0.717, 1.165) is 19.2 Å². The molecule has 0 aromatic heterocycles. The number of benzene rings is 1. The van der Waals surface area contributed by atoms with Crippen molar-refractivity contribution in [1.82, 2.24) is 5.32 Å². The summed E-state index contributed by atoms with van der Waals surface area (Å²) in [6, 6.07) is 11.2. The predicted molar refractivity (Wildman–Crippen MR) is 80.1 cm³/mol.